The number of carbonyl (C=O) groups is 1. The second-order valence-corrected chi connectivity index (χ2v) is 5.08. The fraction of sp³-hybridized carbons (Fsp3) is 0.583. The van der Waals surface area contributed by atoms with E-state index >= 15 is 0 Å². The van der Waals surface area contributed by atoms with Gasteiger partial charge in [-0.1, -0.05) is 6.92 Å². The van der Waals surface area contributed by atoms with Gasteiger partial charge in [0.05, 0.1) is 6.04 Å². The Labute approximate surface area is 101 Å². The van der Waals surface area contributed by atoms with Crippen molar-refractivity contribution in [3.63, 3.8) is 0 Å². The number of amides is 1. The molecule has 0 radical (unpaired) electrons. The van der Waals surface area contributed by atoms with Gasteiger partial charge in [0.25, 0.3) is 0 Å². The molecule has 0 saturated carbocycles. The van der Waals surface area contributed by atoms with E-state index in [0.717, 1.165) is 6.42 Å². The summed E-state index contributed by atoms with van der Waals surface area (Å²) in [5.41, 5.74) is 0. The third kappa shape index (κ3) is 3.32. The van der Waals surface area contributed by atoms with E-state index in [1.807, 2.05) is 18.3 Å². The van der Waals surface area contributed by atoms with Gasteiger partial charge < -0.3 is 5.32 Å². The number of nitrogens with one attached hydrogen (secondary N) is 2. The standard InChI is InChI=1S/C12H20N2OS/c1-5-10-6-7-11(16-10)8(2)14-9(3)12(15)13-4/h6-9,14H,5H2,1-4H3,(H,13,15)/t8?,9-/m1/s1. The first-order valence-corrected chi connectivity index (χ1v) is 6.46. The maximum atomic E-state index is 11.4. The Hall–Kier alpha value is -0.870. The molecule has 16 heavy (non-hydrogen) atoms. The SMILES string of the molecule is CCc1ccc(C(C)N[C@H](C)C(=O)NC)s1. The minimum atomic E-state index is -0.160. The summed E-state index contributed by atoms with van der Waals surface area (Å²) in [6.45, 7) is 6.12. The zero-order chi connectivity index (χ0) is 12.1. The van der Waals surface area contributed by atoms with Crippen LogP contribution in [0.25, 0.3) is 0 Å². The highest BCUT2D eigenvalue weighted by Crippen LogP contribution is 2.23. The van der Waals surface area contributed by atoms with Gasteiger partial charge >= 0.3 is 0 Å². The largest absolute Gasteiger partial charge is 0.358 e. The maximum absolute atomic E-state index is 11.4. The average Bonchev–Trinajstić information content (AvgIpc) is 2.76. The highest BCUT2D eigenvalue weighted by atomic mass is 32.1. The van der Waals surface area contributed by atoms with Crippen molar-refractivity contribution in [2.75, 3.05) is 7.05 Å². The average molecular weight is 240 g/mol. The molecule has 3 nitrogen and oxygen atoms in total. The number of carbonyl (C=O) groups excluding carboxylic acids is 1. The fourth-order valence-corrected chi connectivity index (χ4v) is 2.53. The summed E-state index contributed by atoms with van der Waals surface area (Å²) >= 11 is 1.81. The lowest BCUT2D eigenvalue weighted by Crippen LogP contribution is -2.41. The van der Waals surface area contributed by atoms with Crippen molar-refractivity contribution in [2.45, 2.75) is 39.3 Å². The Morgan fingerprint density at radius 1 is 1.44 bits per heavy atom. The monoisotopic (exact) mass is 240 g/mol. The molecule has 90 valence electrons. The van der Waals surface area contributed by atoms with E-state index in [1.54, 1.807) is 7.05 Å². The zero-order valence-electron chi connectivity index (χ0n) is 10.3. The second kappa shape index (κ2) is 6.01. The van der Waals surface area contributed by atoms with E-state index < -0.39 is 0 Å². The van der Waals surface area contributed by atoms with Gasteiger partial charge in [0.15, 0.2) is 0 Å². The molecule has 1 aromatic rings. The first kappa shape index (κ1) is 13.2. The first-order valence-electron chi connectivity index (χ1n) is 5.64. The molecule has 0 fully saturated rings. The van der Waals surface area contributed by atoms with Crippen molar-refractivity contribution in [2.24, 2.45) is 0 Å². The number of likely N-dealkylation sites (N-methyl/N-ethyl adjacent to an activating group) is 1. The summed E-state index contributed by atoms with van der Waals surface area (Å²) in [5.74, 6) is 0.0270. The fourth-order valence-electron chi connectivity index (χ4n) is 1.57. The molecule has 0 aliphatic carbocycles. The summed E-state index contributed by atoms with van der Waals surface area (Å²) in [6, 6.07) is 4.35. The maximum Gasteiger partial charge on any atom is 0.236 e. The van der Waals surface area contributed by atoms with Crippen LogP contribution in [-0.4, -0.2) is 19.0 Å². The molecule has 2 atom stereocenters. The first-order chi connectivity index (χ1) is 7.58. The lowest BCUT2D eigenvalue weighted by atomic mass is 10.2. The minimum absolute atomic E-state index is 0.0270. The van der Waals surface area contributed by atoms with Gasteiger partial charge in [-0.3, -0.25) is 10.1 Å². The number of hydrogen-bond acceptors (Lipinski definition) is 3. The molecule has 0 bridgehead atoms. The van der Waals surface area contributed by atoms with Gasteiger partial charge in [0, 0.05) is 22.8 Å². The van der Waals surface area contributed by atoms with E-state index in [2.05, 4.69) is 36.6 Å². The van der Waals surface area contributed by atoms with Crippen LogP contribution in [0.3, 0.4) is 0 Å². The Kier molecular flexibility index (Phi) is 4.96. The van der Waals surface area contributed by atoms with Crippen molar-refractivity contribution in [3.05, 3.63) is 21.9 Å². The molecule has 0 aliphatic heterocycles. The number of aryl methyl sites for hydroxylation is 1. The summed E-state index contributed by atoms with van der Waals surface area (Å²) in [5, 5.41) is 5.92. The third-order valence-electron chi connectivity index (χ3n) is 2.60. The van der Waals surface area contributed by atoms with Crippen LogP contribution in [-0.2, 0) is 11.2 Å². The smallest absolute Gasteiger partial charge is 0.236 e. The number of rotatable bonds is 5. The lowest BCUT2D eigenvalue weighted by molar-refractivity contribution is -0.122. The number of hydrogen-bond donors (Lipinski definition) is 2. The predicted octanol–water partition coefficient (Wildman–Crippen LogP) is 2.10. The van der Waals surface area contributed by atoms with E-state index in [-0.39, 0.29) is 18.0 Å². The molecule has 2 N–H and O–H groups in total. The molecule has 4 heteroatoms. The van der Waals surface area contributed by atoms with Gasteiger partial charge in [-0.05, 0) is 32.4 Å². The van der Waals surface area contributed by atoms with Gasteiger partial charge in [-0.25, -0.2) is 0 Å². The molecule has 1 heterocycles. The van der Waals surface area contributed by atoms with E-state index in [0.29, 0.717) is 0 Å². The Morgan fingerprint density at radius 2 is 2.12 bits per heavy atom. The lowest BCUT2D eigenvalue weighted by Gasteiger charge is -2.17. The molecular weight excluding hydrogens is 220 g/mol. The van der Waals surface area contributed by atoms with Crippen LogP contribution in [0.1, 0.15) is 36.6 Å². The molecule has 1 rings (SSSR count). The van der Waals surface area contributed by atoms with Gasteiger partial charge in [-0.2, -0.15) is 0 Å². The molecule has 1 unspecified atom stereocenters. The second-order valence-electron chi connectivity index (χ2n) is 3.88. The van der Waals surface area contributed by atoms with Crippen LogP contribution in [0.2, 0.25) is 0 Å². The summed E-state index contributed by atoms with van der Waals surface area (Å²) in [7, 11) is 1.66. The zero-order valence-corrected chi connectivity index (χ0v) is 11.1. The van der Waals surface area contributed by atoms with Crippen LogP contribution in [0.15, 0.2) is 12.1 Å². The van der Waals surface area contributed by atoms with Crippen molar-refractivity contribution >= 4 is 17.2 Å². The molecule has 1 aromatic heterocycles. The van der Waals surface area contributed by atoms with Crippen LogP contribution < -0.4 is 10.6 Å². The van der Waals surface area contributed by atoms with Crippen LogP contribution >= 0.6 is 11.3 Å². The van der Waals surface area contributed by atoms with Crippen molar-refractivity contribution < 1.29 is 4.79 Å². The minimum Gasteiger partial charge on any atom is -0.358 e. The van der Waals surface area contributed by atoms with E-state index in [1.165, 1.54) is 9.75 Å². The Morgan fingerprint density at radius 3 is 2.62 bits per heavy atom. The van der Waals surface area contributed by atoms with Gasteiger partial charge in [0.1, 0.15) is 0 Å². The topological polar surface area (TPSA) is 41.1 Å². The summed E-state index contributed by atoms with van der Waals surface area (Å²) < 4.78 is 0. The van der Waals surface area contributed by atoms with E-state index in [4.69, 9.17) is 0 Å². The Balaban J connectivity index is 2.57. The van der Waals surface area contributed by atoms with Crippen LogP contribution in [0, 0.1) is 0 Å². The van der Waals surface area contributed by atoms with Crippen molar-refractivity contribution in [1.29, 1.82) is 0 Å². The summed E-state index contributed by atoms with van der Waals surface area (Å²) in [4.78, 5) is 14.0. The predicted molar refractivity (Wildman–Crippen MR) is 68.8 cm³/mol. The third-order valence-corrected chi connectivity index (χ3v) is 4.01. The molecule has 0 aromatic carbocycles. The van der Waals surface area contributed by atoms with Crippen molar-refractivity contribution in [1.82, 2.24) is 10.6 Å². The molecule has 0 saturated heterocycles. The highest BCUT2D eigenvalue weighted by Gasteiger charge is 2.15. The van der Waals surface area contributed by atoms with Gasteiger partial charge in [-0.15, -0.1) is 11.3 Å². The molecule has 0 spiro atoms. The van der Waals surface area contributed by atoms with Crippen LogP contribution in [0.5, 0.6) is 0 Å². The molecule has 1 amide bonds. The van der Waals surface area contributed by atoms with E-state index in [9.17, 15) is 4.79 Å². The summed E-state index contributed by atoms with van der Waals surface area (Å²) in [6.07, 6.45) is 1.07. The normalized spacial score (nSPS) is 14.5. The Bertz CT molecular complexity index is 349. The van der Waals surface area contributed by atoms with Crippen molar-refractivity contribution in [3.8, 4) is 0 Å². The molecular formula is C12H20N2OS. The highest BCUT2D eigenvalue weighted by molar-refractivity contribution is 7.12. The van der Waals surface area contributed by atoms with Gasteiger partial charge in [0.2, 0.25) is 5.91 Å². The number of thiophene rings is 1. The van der Waals surface area contributed by atoms with Crippen LogP contribution in [0.4, 0.5) is 0 Å². The molecule has 0 aliphatic rings. The quantitative estimate of drug-likeness (QED) is 0.827.